The molecule has 0 aliphatic carbocycles. The van der Waals surface area contributed by atoms with Gasteiger partial charge in [0.2, 0.25) is 0 Å². The van der Waals surface area contributed by atoms with E-state index in [1.165, 1.54) is 17.5 Å². The Hall–Kier alpha value is -0.560. The summed E-state index contributed by atoms with van der Waals surface area (Å²) in [4.78, 5) is 3.32. The summed E-state index contributed by atoms with van der Waals surface area (Å²) >= 11 is 1.31. The zero-order chi connectivity index (χ0) is 18.3. The fourth-order valence-corrected chi connectivity index (χ4v) is 5.09. The molecule has 0 aromatic heterocycles. The summed E-state index contributed by atoms with van der Waals surface area (Å²) in [6, 6.07) is 6.44. The van der Waals surface area contributed by atoms with Crippen molar-refractivity contribution in [3.63, 3.8) is 0 Å². The molecule has 1 aromatic carbocycles. The topological polar surface area (TPSA) is 60.0 Å². The molecule has 8 heteroatoms. The highest BCUT2D eigenvalue weighted by Crippen LogP contribution is 2.47. The predicted molar refractivity (Wildman–Crippen MR) is 103 cm³/mol. The molecule has 1 heterocycles. The molecule has 0 bridgehead atoms. The Balaban J connectivity index is 2.23. The first kappa shape index (κ1) is 20.7. The lowest BCUT2D eigenvalue weighted by atomic mass is 10.0. The van der Waals surface area contributed by atoms with Gasteiger partial charge in [-0.05, 0) is 49.4 Å². The summed E-state index contributed by atoms with van der Waals surface area (Å²) in [6.07, 6.45) is 0. The number of morpholine rings is 1. The van der Waals surface area contributed by atoms with Gasteiger partial charge in [-0.3, -0.25) is 9.05 Å². The lowest BCUT2D eigenvalue weighted by molar-refractivity contribution is 0.122. The molecule has 2 rings (SSSR count). The molecule has 0 saturated carbocycles. The van der Waals surface area contributed by atoms with Crippen molar-refractivity contribution in [3.8, 4) is 0 Å². The Morgan fingerprint density at radius 3 is 2.44 bits per heavy atom. The van der Waals surface area contributed by atoms with Crippen LogP contribution in [0, 0.1) is 0 Å². The third-order valence-corrected chi connectivity index (χ3v) is 6.87. The first-order valence-corrected chi connectivity index (χ1v) is 11.1. The summed E-state index contributed by atoms with van der Waals surface area (Å²) in [5.41, 5.74) is 2.36. The maximum absolute atomic E-state index is 12.7. The SMILES string of the molecule is CCOP(=O)(NSc1cc(C(C)C)ccc1N1CCOCC1)OCC. The van der Waals surface area contributed by atoms with E-state index in [9.17, 15) is 4.57 Å². The van der Waals surface area contributed by atoms with Crippen molar-refractivity contribution in [3.05, 3.63) is 23.8 Å². The van der Waals surface area contributed by atoms with Gasteiger partial charge >= 0.3 is 7.75 Å². The van der Waals surface area contributed by atoms with Crippen LogP contribution in [0.3, 0.4) is 0 Å². The van der Waals surface area contributed by atoms with Crippen LogP contribution in [-0.4, -0.2) is 39.5 Å². The highest BCUT2D eigenvalue weighted by Gasteiger charge is 2.25. The molecule has 0 radical (unpaired) electrons. The molecule has 142 valence electrons. The molecule has 6 nitrogen and oxygen atoms in total. The van der Waals surface area contributed by atoms with Gasteiger partial charge < -0.3 is 9.64 Å². The van der Waals surface area contributed by atoms with Crippen LogP contribution in [0.5, 0.6) is 0 Å². The second-order valence-electron chi connectivity index (χ2n) is 6.01. The van der Waals surface area contributed by atoms with E-state index in [0.29, 0.717) is 19.1 Å². The highest BCUT2D eigenvalue weighted by molar-refractivity contribution is 8.02. The van der Waals surface area contributed by atoms with Crippen molar-refractivity contribution in [2.75, 3.05) is 44.4 Å². The van der Waals surface area contributed by atoms with Gasteiger partial charge in [0.15, 0.2) is 0 Å². The van der Waals surface area contributed by atoms with Gasteiger partial charge in [0, 0.05) is 18.0 Å². The molecule has 1 aliphatic heterocycles. The molecule has 0 atom stereocenters. The molecule has 1 N–H and O–H groups in total. The number of rotatable bonds is 9. The smallest absolute Gasteiger partial charge is 0.378 e. The van der Waals surface area contributed by atoms with Crippen LogP contribution in [0.4, 0.5) is 5.69 Å². The molecular weight excluding hydrogens is 359 g/mol. The van der Waals surface area contributed by atoms with E-state index in [0.717, 1.165) is 36.9 Å². The summed E-state index contributed by atoms with van der Waals surface area (Å²) < 4.78 is 31.7. The van der Waals surface area contributed by atoms with Crippen LogP contribution >= 0.6 is 19.7 Å². The minimum absolute atomic E-state index is 0.327. The van der Waals surface area contributed by atoms with Gasteiger partial charge in [0.05, 0.1) is 32.1 Å². The maximum atomic E-state index is 12.7. The quantitative estimate of drug-likeness (QED) is 0.496. The zero-order valence-electron chi connectivity index (χ0n) is 15.5. The minimum atomic E-state index is -3.31. The van der Waals surface area contributed by atoms with Crippen molar-refractivity contribution < 1.29 is 18.3 Å². The van der Waals surface area contributed by atoms with Crippen LogP contribution in [0.15, 0.2) is 23.1 Å². The fourth-order valence-electron chi connectivity index (χ4n) is 2.57. The van der Waals surface area contributed by atoms with E-state index in [1.807, 2.05) is 0 Å². The molecule has 0 amide bonds. The molecule has 1 aromatic rings. The van der Waals surface area contributed by atoms with E-state index >= 15 is 0 Å². The Kier molecular flexibility index (Phi) is 8.26. The molecule has 0 unspecified atom stereocenters. The summed E-state index contributed by atoms with van der Waals surface area (Å²) in [7, 11) is -3.31. The Labute approximate surface area is 155 Å². The average molecular weight is 388 g/mol. The Morgan fingerprint density at radius 1 is 1.24 bits per heavy atom. The number of anilines is 1. The van der Waals surface area contributed by atoms with E-state index in [1.54, 1.807) is 13.8 Å². The lowest BCUT2D eigenvalue weighted by Gasteiger charge is -2.31. The van der Waals surface area contributed by atoms with Gasteiger partial charge in [0.25, 0.3) is 0 Å². The zero-order valence-corrected chi connectivity index (χ0v) is 17.2. The van der Waals surface area contributed by atoms with E-state index in [4.69, 9.17) is 13.8 Å². The first-order valence-electron chi connectivity index (χ1n) is 8.79. The molecule has 1 saturated heterocycles. The summed E-state index contributed by atoms with van der Waals surface area (Å²) in [5.74, 6) is 0.420. The Bertz CT molecular complexity index is 584. The summed E-state index contributed by atoms with van der Waals surface area (Å²) in [6.45, 7) is 11.7. The first-order chi connectivity index (χ1) is 12.0. The molecule has 1 aliphatic rings. The predicted octanol–water partition coefficient (Wildman–Crippen LogP) is 4.42. The van der Waals surface area contributed by atoms with Gasteiger partial charge in [-0.1, -0.05) is 19.9 Å². The van der Waals surface area contributed by atoms with Crippen LogP contribution in [0.2, 0.25) is 0 Å². The van der Waals surface area contributed by atoms with Crippen molar-refractivity contribution in [2.45, 2.75) is 38.5 Å². The maximum Gasteiger partial charge on any atom is 0.415 e. The van der Waals surface area contributed by atoms with Crippen molar-refractivity contribution in [1.82, 2.24) is 4.49 Å². The molecule has 1 fully saturated rings. The monoisotopic (exact) mass is 388 g/mol. The fraction of sp³-hybridized carbons (Fsp3) is 0.647. The number of nitrogens with zero attached hydrogens (tertiary/aromatic N) is 1. The van der Waals surface area contributed by atoms with E-state index < -0.39 is 7.75 Å². The number of hydrogen-bond acceptors (Lipinski definition) is 6. The third kappa shape index (κ3) is 5.98. The van der Waals surface area contributed by atoms with E-state index in [-0.39, 0.29) is 0 Å². The highest BCUT2D eigenvalue weighted by atomic mass is 32.2. The third-order valence-electron chi connectivity index (χ3n) is 3.87. The lowest BCUT2D eigenvalue weighted by Crippen LogP contribution is -2.36. The number of ether oxygens (including phenoxy) is 1. The van der Waals surface area contributed by atoms with Crippen molar-refractivity contribution >= 4 is 25.4 Å². The Morgan fingerprint density at radius 2 is 1.88 bits per heavy atom. The molecular formula is C17H29N2O4PS. The van der Waals surface area contributed by atoms with Gasteiger partial charge in [-0.15, -0.1) is 0 Å². The summed E-state index contributed by atoms with van der Waals surface area (Å²) in [5, 5.41) is 0. The van der Waals surface area contributed by atoms with Crippen LogP contribution in [-0.2, 0) is 18.3 Å². The second-order valence-corrected chi connectivity index (χ2v) is 8.89. The van der Waals surface area contributed by atoms with Crippen LogP contribution in [0.1, 0.15) is 39.2 Å². The van der Waals surface area contributed by atoms with Crippen molar-refractivity contribution in [1.29, 1.82) is 0 Å². The number of hydrogen-bond donors (Lipinski definition) is 1. The average Bonchev–Trinajstić information content (AvgIpc) is 2.61. The number of nitrogens with one attached hydrogen (secondary N) is 1. The molecule has 0 spiro atoms. The van der Waals surface area contributed by atoms with Crippen LogP contribution < -0.4 is 9.39 Å². The largest absolute Gasteiger partial charge is 0.415 e. The van der Waals surface area contributed by atoms with E-state index in [2.05, 4.69) is 41.4 Å². The number of benzene rings is 1. The van der Waals surface area contributed by atoms with Gasteiger partial charge in [0.1, 0.15) is 0 Å². The standard InChI is InChI=1S/C17H29N2O4PS/c1-5-22-24(20,23-6-2)18-25-17-13-15(14(3)4)7-8-16(17)19-9-11-21-12-10-19/h7-8,13-14H,5-6,9-12H2,1-4H3,(H,18,20). The minimum Gasteiger partial charge on any atom is -0.378 e. The van der Waals surface area contributed by atoms with Gasteiger partial charge in [-0.2, -0.15) is 4.49 Å². The van der Waals surface area contributed by atoms with Crippen molar-refractivity contribution in [2.24, 2.45) is 0 Å². The normalized spacial score (nSPS) is 15.8. The molecule has 25 heavy (non-hydrogen) atoms. The van der Waals surface area contributed by atoms with Gasteiger partial charge in [-0.25, -0.2) is 4.57 Å². The second kappa shape index (κ2) is 9.95. The van der Waals surface area contributed by atoms with Crippen LogP contribution in [0.25, 0.3) is 0 Å².